The maximum Gasteiger partial charge on any atom is 0.387 e. The van der Waals surface area contributed by atoms with Crippen LogP contribution in [-0.4, -0.2) is 12.5 Å². The van der Waals surface area contributed by atoms with Crippen LogP contribution >= 0.6 is 15.9 Å². The van der Waals surface area contributed by atoms with Crippen molar-refractivity contribution in [3.05, 3.63) is 59.7 Å². The number of alkyl halides is 3. The molecule has 110 valence electrons. The van der Waals surface area contributed by atoms with Gasteiger partial charge in [-0.2, -0.15) is 8.78 Å². The van der Waals surface area contributed by atoms with Gasteiger partial charge in [-0.25, -0.2) is 0 Å². The highest BCUT2D eigenvalue weighted by atomic mass is 79.9. The Bertz CT molecular complexity index is 617. The van der Waals surface area contributed by atoms with Crippen molar-refractivity contribution >= 4 is 27.5 Å². The third-order valence-corrected chi connectivity index (χ3v) is 3.37. The number of ether oxygens (including phenoxy) is 1. The van der Waals surface area contributed by atoms with Gasteiger partial charge in [-0.05, 0) is 29.8 Å². The van der Waals surface area contributed by atoms with Gasteiger partial charge in [0.2, 0.25) is 0 Å². The summed E-state index contributed by atoms with van der Waals surface area (Å²) in [6.07, 6.45) is 0. The van der Waals surface area contributed by atoms with E-state index in [0.717, 1.165) is 5.56 Å². The second-order valence-corrected chi connectivity index (χ2v) is 4.72. The number of benzene rings is 2. The summed E-state index contributed by atoms with van der Waals surface area (Å²) in [5.74, 6) is -0.459. The summed E-state index contributed by atoms with van der Waals surface area (Å²) >= 11 is 3.32. The molecule has 2 rings (SSSR count). The van der Waals surface area contributed by atoms with Gasteiger partial charge in [0.1, 0.15) is 5.75 Å². The molecule has 0 saturated heterocycles. The van der Waals surface area contributed by atoms with E-state index in [4.69, 9.17) is 0 Å². The molecule has 0 radical (unpaired) electrons. The fourth-order valence-corrected chi connectivity index (χ4v) is 2.08. The SMILES string of the molecule is O=C(Nc1ccccc1OC(F)F)c1ccc(CBr)cc1. The molecule has 0 aliphatic heterocycles. The quantitative estimate of drug-likeness (QED) is 0.805. The third kappa shape index (κ3) is 4.26. The smallest absolute Gasteiger partial charge is 0.387 e. The number of anilines is 1. The van der Waals surface area contributed by atoms with Crippen LogP contribution in [0.25, 0.3) is 0 Å². The first-order chi connectivity index (χ1) is 10.1. The predicted molar refractivity (Wildman–Crippen MR) is 80.1 cm³/mol. The lowest BCUT2D eigenvalue weighted by Crippen LogP contribution is -2.13. The largest absolute Gasteiger partial charge is 0.433 e. The lowest BCUT2D eigenvalue weighted by Gasteiger charge is -2.11. The van der Waals surface area contributed by atoms with E-state index in [2.05, 4.69) is 26.0 Å². The number of halogens is 3. The van der Waals surface area contributed by atoms with Gasteiger partial charge < -0.3 is 10.1 Å². The first kappa shape index (κ1) is 15.4. The minimum Gasteiger partial charge on any atom is -0.433 e. The molecule has 3 nitrogen and oxygen atoms in total. The Balaban J connectivity index is 2.15. The van der Waals surface area contributed by atoms with E-state index < -0.39 is 6.61 Å². The maximum absolute atomic E-state index is 12.3. The molecule has 0 unspecified atom stereocenters. The van der Waals surface area contributed by atoms with Crippen molar-refractivity contribution in [1.29, 1.82) is 0 Å². The standard InChI is InChI=1S/C15H12BrF2NO2/c16-9-10-5-7-11(8-6-10)14(20)19-12-3-1-2-4-13(12)21-15(17)18/h1-8,15H,9H2,(H,19,20). The van der Waals surface area contributed by atoms with Gasteiger partial charge in [0.25, 0.3) is 5.91 Å². The maximum atomic E-state index is 12.3. The summed E-state index contributed by atoms with van der Waals surface area (Å²) < 4.78 is 29.0. The summed E-state index contributed by atoms with van der Waals surface area (Å²) in [6, 6.07) is 13.0. The van der Waals surface area contributed by atoms with Gasteiger partial charge in [-0.3, -0.25) is 4.79 Å². The van der Waals surface area contributed by atoms with E-state index in [9.17, 15) is 13.6 Å². The topological polar surface area (TPSA) is 38.3 Å². The average Bonchev–Trinajstić information content (AvgIpc) is 2.49. The summed E-state index contributed by atoms with van der Waals surface area (Å²) in [6.45, 7) is -2.94. The number of carbonyl (C=O) groups is 1. The molecule has 0 spiro atoms. The van der Waals surface area contributed by atoms with Crippen LogP contribution in [0.2, 0.25) is 0 Å². The normalized spacial score (nSPS) is 10.5. The number of carbonyl (C=O) groups excluding carboxylic acids is 1. The minimum atomic E-state index is -2.94. The van der Waals surface area contributed by atoms with E-state index in [0.29, 0.717) is 10.9 Å². The van der Waals surface area contributed by atoms with Crippen LogP contribution < -0.4 is 10.1 Å². The molecule has 0 aliphatic carbocycles. The van der Waals surface area contributed by atoms with E-state index >= 15 is 0 Å². The van der Waals surface area contributed by atoms with Gasteiger partial charge >= 0.3 is 6.61 Å². The number of para-hydroxylation sites is 2. The van der Waals surface area contributed by atoms with Crippen molar-refractivity contribution in [1.82, 2.24) is 0 Å². The third-order valence-electron chi connectivity index (χ3n) is 2.72. The van der Waals surface area contributed by atoms with Crippen LogP contribution in [-0.2, 0) is 5.33 Å². The molecule has 0 bridgehead atoms. The monoisotopic (exact) mass is 355 g/mol. The summed E-state index contributed by atoms with van der Waals surface area (Å²) in [5.41, 5.74) is 1.67. The van der Waals surface area contributed by atoms with E-state index in [1.807, 2.05) is 12.1 Å². The summed E-state index contributed by atoms with van der Waals surface area (Å²) in [4.78, 5) is 12.1. The molecular weight excluding hydrogens is 344 g/mol. The van der Waals surface area contributed by atoms with E-state index in [-0.39, 0.29) is 17.3 Å². The molecule has 1 N–H and O–H groups in total. The second-order valence-electron chi connectivity index (χ2n) is 4.16. The number of hydrogen-bond acceptors (Lipinski definition) is 2. The van der Waals surface area contributed by atoms with Gasteiger partial charge in [-0.15, -0.1) is 0 Å². The van der Waals surface area contributed by atoms with Gasteiger partial charge in [0.05, 0.1) is 5.69 Å². The lowest BCUT2D eigenvalue weighted by molar-refractivity contribution is -0.0493. The Morgan fingerprint density at radius 3 is 2.43 bits per heavy atom. The van der Waals surface area contributed by atoms with Crippen LogP contribution in [0.3, 0.4) is 0 Å². The van der Waals surface area contributed by atoms with Crippen molar-refractivity contribution in [2.75, 3.05) is 5.32 Å². The molecule has 0 fully saturated rings. The van der Waals surface area contributed by atoms with Crippen molar-refractivity contribution in [2.45, 2.75) is 11.9 Å². The van der Waals surface area contributed by atoms with Crippen molar-refractivity contribution in [3.63, 3.8) is 0 Å². The fourth-order valence-electron chi connectivity index (χ4n) is 1.71. The molecule has 6 heteroatoms. The molecular formula is C15H12BrF2NO2. The zero-order valence-corrected chi connectivity index (χ0v) is 12.4. The van der Waals surface area contributed by atoms with Crippen LogP contribution in [0.15, 0.2) is 48.5 Å². The molecule has 0 aliphatic rings. The lowest BCUT2D eigenvalue weighted by atomic mass is 10.1. The van der Waals surface area contributed by atoms with E-state index in [1.54, 1.807) is 24.3 Å². The molecule has 2 aromatic rings. The number of amides is 1. The number of rotatable bonds is 5. The van der Waals surface area contributed by atoms with Gasteiger partial charge in [0.15, 0.2) is 0 Å². The highest BCUT2D eigenvalue weighted by Gasteiger charge is 2.12. The number of nitrogens with one attached hydrogen (secondary N) is 1. The van der Waals surface area contributed by atoms with Gasteiger partial charge in [0, 0.05) is 10.9 Å². The Labute approximate surface area is 129 Å². The average molecular weight is 356 g/mol. The van der Waals surface area contributed by atoms with Crippen molar-refractivity contribution in [2.24, 2.45) is 0 Å². The Morgan fingerprint density at radius 2 is 1.81 bits per heavy atom. The Hall–Kier alpha value is -1.95. The van der Waals surface area contributed by atoms with Crippen LogP contribution in [0.1, 0.15) is 15.9 Å². The van der Waals surface area contributed by atoms with Crippen LogP contribution in [0, 0.1) is 0 Å². The van der Waals surface area contributed by atoms with E-state index in [1.165, 1.54) is 12.1 Å². The fraction of sp³-hybridized carbons (Fsp3) is 0.133. The second kappa shape index (κ2) is 7.17. The minimum absolute atomic E-state index is 0.0714. The molecule has 2 aromatic carbocycles. The highest BCUT2D eigenvalue weighted by Crippen LogP contribution is 2.26. The van der Waals surface area contributed by atoms with Crippen molar-refractivity contribution < 1.29 is 18.3 Å². The van der Waals surface area contributed by atoms with Crippen LogP contribution in [0.4, 0.5) is 14.5 Å². The number of hydrogen-bond donors (Lipinski definition) is 1. The summed E-state index contributed by atoms with van der Waals surface area (Å²) in [5, 5.41) is 3.26. The first-order valence-corrected chi connectivity index (χ1v) is 7.22. The van der Waals surface area contributed by atoms with Crippen LogP contribution in [0.5, 0.6) is 5.75 Å². The zero-order valence-electron chi connectivity index (χ0n) is 10.9. The highest BCUT2D eigenvalue weighted by molar-refractivity contribution is 9.08. The molecule has 0 atom stereocenters. The first-order valence-electron chi connectivity index (χ1n) is 6.10. The summed E-state index contributed by atoms with van der Waals surface area (Å²) in [7, 11) is 0. The Morgan fingerprint density at radius 1 is 1.14 bits per heavy atom. The van der Waals surface area contributed by atoms with Crippen molar-refractivity contribution in [3.8, 4) is 5.75 Å². The molecule has 0 heterocycles. The predicted octanol–water partition coefficient (Wildman–Crippen LogP) is 4.44. The molecule has 0 aromatic heterocycles. The molecule has 1 amide bonds. The molecule has 0 saturated carbocycles. The molecule has 21 heavy (non-hydrogen) atoms. The zero-order chi connectivity index (χ0) is 15.2. The van der Waals surface area contributed by atoms with Gasteiger partial charge in [-0.1, -0.05) is 40.2 Å². The Kier molecular flexibility index (Phi) is 5.27.